The summed E-state index contributed by atoms with van der Waals surface area (Å²) >= 11 is 3.32. The lowest BCUT2D eigenvalue weighted by Gasteiger charge is -2.44. The molecule has 0 radical (unpaired) electrons. The van der Waals surface area contributed by atoms with Gasteiger partial charge in [-0.3, -0.25) is 14.8 Å². The van der Waals surface area contributed by atoms with E-state index < -0.39 is 17.1 Å². The molecule has 1 aliphatic carbocycles. The summed E-state index contributed by atoms with van der Waals surface area (Å²) in [7, 11) is 0. The first kappa shape index (κ1) is 21.5. The number of nitrogens with zero attached hydrogens (tertiary/aromatic N) is 2. The maximum Gasteiger partial charge on any atom is 0.335 e. The van der Waals surface area contributed by atoms with E-state index in [-0.39, 0.29) is 22.5 Å². The van der Waals surface area contributed by atoms with Crippen LogP contribution < -0.4 is 11.2 Å². The number of aliphatic hydroxyl groups is 1. The molecule has 29 heavy (non-hydrogen) atoms. The maximum absolute atomic E-state index is 12.2. The summed E-state index contributed by atoms with van der Waals surface area (Å²) in [6.07, 6.45) is 3.21. The summed E-state index contributed by atoms with van der Waals surface area (Å²) in [6, 6.07) is 6.77. The third-order valence-electron chi connectivity index (χ3n) is 5.32. The number of nitrogens with one attached hydrogen (secondary N) is 1. The van der Waals surface area contributed by atoms with Gasteiger partial charge >= 0.3 is 5.69 Å². The lowest BCUT2D eigenvalue weighted by Crippen LogP contribution is -2.40. The molecule has 2 aromatic rings. The lowest BCUT2D eigenvalue weighted by molar-refractivity contribution is -0.00472. The number of aromatic nitrogens is 2. The maximum atomic E-state index is 12.2. The highest BCUT2D eigenvalue weighted by Gasteiger charge is 2.40. The van der Waals surface area contributed by atoms with Gasteiger partial charge in [-0.05, 0) is 54.4 Å². The molecular weight excluding hydrogens is 438 g/mol. The molecule has 1 heterocycles. The average Bonchev–Trinajstić information content (AvgIpc) is 2.57. The second-order valence-corrected chi connectivity index (χ2v) is 9.91. The minimum atomic E-state index is -0.726. The van der Waals surface area contributed by atoms with Crippen molar-refractivity contribution in [2.24, 2.45) is 15.8 Å². The van der Waals surface area contributed by atoms with Crippen molar-refractivity contribution in [3.8, 4) is 11.6 Å². The molecule has 1 aromatic heterocycles. The van der Waals surface area contributed by atoms with Gasteiger partial charge in [-0.2, -0.15) is 0 Å². The van der Waals surface area contributed by atoms with E-state index in [4.69, 9.17) is 0 Å². The van der Waals surface area contributed by atoms with Crippen LogP contribution in [0.5, 0.6) is 5.88 Å². The van der Waals surface area contributed by atoms with Crippen molar-refractivity contribution in [3.05, 3.63) is 55.1 Å². The van der Waals surface area contributed by atoms with Gasteiger partial charge in [0.15, 0.2) is 0 Å². The molecule has 1 fully saturated rings. The Hall–Kier alpha value is -2.19. The average molecular weight is 464 g/mol. The van der Waals surface area contributed by atoms with Crippen molar-refractivity contribution in [1.82, 2.24) is 9.55 Å². The molecule has 1 saturated carbocycles. The van der Waals surface area contributed by atoms with Gasteiger partial charge in [0, 0.05) is 17.2 Å². The predicted molar refractivity (Wildman–Crippen MR) is 116 cm³/mol. The number of rotatable bonds is 4. The Morgan fingerprint density at radius 2 is 1.90 bits per heavy atom. The molecular formula is C21H26BrN3O4. The third-order valence-corrected chi connectivity index (χ3v) is 5.85. The Morgan fingerprint density at radius 1 is 1.24 bits per heavy atom. The van der Waals surface area contributed by atoms with Crippen LogP contribution in [0.3, 0.4) is 0 Å². The Labute approximate surface area is 177 Å². The minimum absolute atomic E-state index is 0.0103. The summed E-state index contributed by atoms with van der Waals surface area (Å²) in [4.78, 5) is 31.1. The monoisotopic (exact) mass is 463 g/mol. The first-order chi connectivity index (χ1) is 13.5. The van der Waals surface area contributed by atoms with E-state index in [1.165, 1.54) is 6.21 Å². The zero-order valence-electron chi connectivity index (χ0n) is 16.8. The van der Waals surface area contributed by atoms with Crippen LogP contribution >= 0.6 is 15.9 Å². The molecule has 0 bridgehead atoms. The van der Waals surface area contributed by atoms with E-state index in [2.05, 4.69) is 46.7 Å². The Bertz CT molecular complexity index is 1040. The SMILES string of the molecule is CC1(C)C[C@@H](O)C[C@](C)(CN=Cc2c(O)n(-c3ccc(Br)cc3)c(=O)[nH]c2=O)C1. The fourth-order valence-corrected chi connectivity index (χ4v) is 4.81. The first-order valence-corrected chi connectivity index (χ1v) is 10.3. The first-order valence-electron chi connectivity index (χ1n) is 9.52. The number of aromatic hydroxyl groups is 1. The van der Waals surface area contributed by atoms with E-state index in [1.807, 2.05) is 0 Å². The van der Waals surface area contributed by atoms with E-state index in [1.54, 1.807) is 24.3 Å². The molecule has 156 valence electrons. The summed E-state index contributed by atoms with van der Waals surface area (Å²) < 4.78 is 1.86. The van der Waals surface area contributed by atoms with E-state index in [9.17, 15) is 19.8 Å². The number of aliphatic imine (C=N–C) groups is 1. The second-order valence-electron chi connectivity index (χ2n) is 8.99. The minimum Gasteiger partial charge on any atom is -0.493 e. The van der Waals surface area contributed by atoms with E-state index >= 15 is 0 Å². The molecule has 0 spiro atoms. The van der Waals surface area contributed by atoms with Crippen molar-refractivity contribution in [3.63, 3.8) is 0 Å². The number of hydrogen-bond donors (Lipinski definition) is 3. The Morgan fingerprint density at radius 3 is 2.52 bits per heavy atom. The molecule has 1 aliphatic rings. The summed E-state index contributed by atoms with van der Waals surface area (Å²) in [6.45, 7) is 6.73. The third kappa shape index (κ3) is 4.87. The van der Waals surface area contributed by atoms with Crippen LogP contribution in [0.15, 0.2) is 43.3 Å². The van der Waals surface area contributed by atoms with E-state index in [0.717, 1.165) is 21.9 Å². The molecule has 1 aromatic carbocycles. The fraction of sp³-hybridized carbons (Fsp3) is 0.476. The second kappa shape index (κ2) is 7.91. The highest BCUT2D eigenvalue weighted by molar-refractivity contribution is 9.10. The Kier molecular flexibility index (Phi) is 5.87. The van der Waals surface area contributed by atoms with Gasteiger partial charge in [-0.25, -0.2) is 9.36 Å². The highest BCUT2D eigenvalue weighted by atomic mass is 79.9. The molecule has 2 atom stereocenters. The van der Waals surface area contributed by atoms with Gasteiger partial charge in [0.1, 0.15) is 5.56 Å². The smallest absolute Gasteiger partial charge is 0.335 e. The number of aromatic amines is 1. The normalized spacial score (nSPS) is 24.1. The highest BCUT2D eigenvalue weighted by Crippen LogP contribution is 2.46. The lowest BCUT2D eigenvalue weighted by atomic mass is 9.63. The van der Waals surface area contributed by atoms with Gasteiger partial charge in [0.05, 0.1) is 11.8 Å². The van der Waals surface area contributed by atoms with Crippen LogP contribution in [0.25, 0.3) is 5.69 Å². The quantitative estimate of drug-likeness (QED) is 0.605. The van der Waals surface area contributed by atoms with Crippen molar-refractivity contribution >= 4 is 22.1 Å². The standard InChI is InChI=1S/C21H26BrN3O4/c1-20(2)8-15(26)9-21(3,11-20)12-23-10-16-17(27)24-19(29)25(18(16)28)14-6-4-13(22)5-7-14/h4-7,10,15,26,28H,8-9,11-12H2,1-3H3,(H,24,27,29)/t15-,21+/m1/s1. The number of hydrogen-bond acceptors (Lipinski definition) is 5. The van der Waals surface area contributed by atoms with Crippen molar-refractivity contribution in [2.45, 2.75) is 46.1 Å². The van der Waals surface area contributed by atoms with Gasteiger partial charge in [-0.15, -0.1) is 0 Å². The van der Waals surface area contributed by atoms with Crippen molar-refractivity contribution in [1.29, 1.82) is 0 Å². The van der Waals surface area contributed by atoms with Crippen LogP contribution in [0.1, 0.15) is 45.6 Å². The van der Waals surface area contributed by atoms with Crippen LogP contribution in [0, 0.1) is 10.8 Å². The van der Waals surface area contributed by atoms with Gasteiger partial charge < -0.3 is 10.2 Å². The summed E-state index contributed by atoms with van der Waals surface area (Å²) in [5.41, 5.74) is -1.27. The zero-order valence-corrected chi connectivity index (χ0v) is 18.4. The molecule has 0 saturated heterocycles. The molecule has 7 nitrogen and oxygen atoms in total. The summed E-state index contributed by atoms with van der Waals surface area (Å²) in [5.74, 6) is -0.459. The molecule has 3 N–H and O–H groups in total. The number of benzene rings is 1. The van der Waals surface area contributed by atoms with Crippen LogP contribution in [0.4, 0.5) is 0 Å². The largest absolute Gasteiger partial charge is 0.493 e. The van der Waals surface area contributed by atoms with Gasteiger partial charge in [0.2, 0.25) is 5.88 Å². The van der Waals surface area contributed by atoms with Crippen LogP contribution in [0.2, 0.25) is 0 Å². The number of H-pyrrole nitrogens is 1. The van der Waals surface area contributed by atoms with E-state index in [0.29, 0.717) is 18.7 Å². The van der Waals surface area contributed by atoms with Crippen molar-refractivity contribution < 1.29 is 10.2 Å². The summed E-state index contributed by atoms with van der Waals surface area (Å²) in [5, 5.41) is 20.8. The zero-order chi connectivity index (χ0) is 21.4. The molecule has 0 unspecified atom stereocenters. The molecule has 8 heteroatoms. The van der Waals surface area contributed by atoms with Crippen molar-refractivity contribution in [2.75, 3.05) is 6.54 Å². The fourth-order valence-electron chi connectivity index (χ4n) is 4.54. The Balaban J connectivity index is 1.91. The van der Waals surface area contributed by atoms with Crippen LogP contribution in [-0.2, 0) is 0 Å². The number of halogens is 1. The predicted octanol–water partition coefficient (Wildman–Crippen LogP) is 2.99. The number of aliphatic hydroxyl groups excluding tert-OH is 1. The molecule has 3 rings (SSSR count). The van der Waals surface area contributed by atoms with Gasteiger partial charge in [0.25, 0.3) is 5.56 Å². The van der Waals surface area contributed by atoms with Gasteiger partial charge in [-0.1, -0.05) is 36.7 Å². The topological polar surface area (TPSA) is 108 Å². The molecule has 0 aliphatic heterocycles. The van der Waals surface area contributed by atoms with Crippen LogP contribution in [-0.4, -0.2) is 38.6 Å². The molecule has 0 amide bonds.